The van der Waals surface area contributed by atoms with E-state index in [1.54, 1.807) is 0 Å². The van der Waals surface area contributed by atoms with Crippen LogP contribution < -0.4 is 14.4 Å². The van der Waals surface area contributed by atoms with Crippen molar-refractivity contribution in [1.29, 1.82) is 0 Å². The Morgan fingerprint density at radius 1 is 1.03 bits per heavy atom. The first kappa shape index (κ1) is 20.9. The molecule has 1 aliphatic rings. The molecule has 0 unspecified atom stereocenters. The average Bonchev–Trinajstić information content (AvgIpc) is 3.22. The van der Waals surface area contributed by atoms with Crippen LogP contribution >= 0.6 is 0 Å². The number of piperazine rings is 1. The first-order valence-electron chi connectivity index (χ1n) is 10.6. The molecule has 0 aliphatic carbocycles. The highest BCUT2D eigenvalue weighted by Crippen LogP contribution is 2.18. The largest absolute Gasteiger partial charge is 0.489 e. The van der Waals surface area contributed by atoms with Gasteiger partial charge in [-0.15, -0.1) is 0 Å². The number of rotatable bonds is 8. The maximum Gasteiger partial charge on any atom is 0.260 e. The number of aryl methyl sites for hydroxylation is 1. The van der Waals surface area contributed by atoms with Crippen molar-refractivity contribution >= 4 is 5.91 Å². The molecular formula is C24H28N3O4+. The summed E-state index contributed by atoms with van der Waals surface area (Å²) in [6, 6.07) is 19.4. The van der Waals surface area contributed by atoms with Crippen LogP contribution in [0.2, 0.25) is 0 Å². The maximum absolute atomic E-state index is 12.5. The van der Waals surface area contributed by atoms with Gasteiger partial charge in [-0.05, 0) is 36.8 Å². The molecule has 1 saturated heterocycles. The van der Waals surface area contributed by atoms with Gasteiger partial charge in [-0.2, -0.15) is 0 Å². The number of nitrogens with zero attached hydrogens (tertiary/aromatic N) is 2. The Morgan fingerprint density at radius 3 is 2.35 bits per heavy atom. The molecule has 4 rings (SSSR count). The zero-order valence-electron chi connectivity index (χ0n) is 17.8. The zero-order chi connectivity index (χ0) is 21.5. The Bertz CT molecular complexity index is 964. The summed E-state index contributed by atoms with van der Waals surface area (Å²) in [5.74, 6) is 2.27. The molecule has 3 aromatic rings. The Kier molecular flexibility index (Phi) is 6.84. The lowest BCUT2D eigenvalue weighted by Gasteiger charge is -2.31. The van der Waals surface area contributed by atoms with Crippen LogP contribution in [0.3, 0.4) is 0 Å². The molecule has 2 aromatic carbocycles. The Morgan fingerprint density at radius 2 is 1.71 bits per heavy atom. The van der Waals surface area contributed by atoms with Crippen LogP contribution in [0, 0.1) is 6.92 Å². The van der Waals surface area contributed by atoms with Crippen LogP contribution in [-0.2, 0) is 17.9 Å². The van der Waals surface area contributed by atoms with Crippen molar-refractivity contribution in [3.8, 4) is 11.5 Å². The van der Waals surface area contributed by atoms with Crippen molar-refractivity contribution in [1.82, 2.24) is 10.1 Å². The fraction of sp³-hybridized carbons (Fsp3) is 0.333. The maximum atomic E-state index is 12.5. The molecule has 0 atom stereocenters. The van der Waals surface area contributed by atoms with Gasteiger partial charge in [0.25, 0.3) is 5.91 Å². The Balaban J connectivity index is 1.17. The summed E-state index contributed by atoms with van der Waals surface area (Å²) in [5.41, 5.74) is 2.08. The number of ether oxygens (including phenoxy) is 2. The number of hydrogen-bond acceptors (Lipinski definition) is 5. The van der Waals surface area contributed by atoms with Gasteiger partial charge in [-0.3, -0.25) is 4.79 Å². The normalized spacial score (nSPS) is 14.4. The monoisotopic (exact) mass is 422 g/mol. The van der Waals surface area contributed by atoms with E-state index >= 15 is 0 Å². The molecule has 31 heavy (non-hydrogen) atoms. The van der Waals surface area contributed by atoms with Gasteiger partial charge in [-0.25, -0.2) is 0 Å². The highest BCUT2D eigenvalue weighted by molar-refractivity contribution is 5.77. The molecule has 0 saturated carbocycles. The SMILES string of the molecule is Cc1cc(C[NH+]2CCN(C(=O)COc3ccc(OCc4ccccc4)cc3)CC2)no1. The molecule has 1 N–H and O–H groups in total. The Hall–Kier alpha value is -3.32. The van der Waals surface area contributed by atoms with Crippen LogP contribution in [0.1, 0.15) is 17.0 Å². The second-order valence-corrected chi connectivity index (χ2v) is 7.77. The third kappa shape index (κ3) is 6.08. The summed E-state index contributed by atoms with van der Waals surface area (Å²) in [7, 11) is 0. The summed E-state index contributed by atoms with van der Waals surface area (Å²) in [4.78, 5) is 15.8. The predicted octanol–water partition coefficient (Wildman–Crippen LogP) is 1.87. The number of aromatic nitrogens is 1. The molecule has 162 valence electrons. The smallest absolute Gasteiger partial charge is 0.260 e. The van der Waals surface area contributed by atoms with Gasteiger partial charge >= 0.3 is 0 Å². The van der Waals surface area contributed by atoms with Crippen molar-refractivity contribution in [2.24, 2.45) is 0 Å². The fourth-order valence-corrected chi connectivity index (χ4v) is 3.62. The van der Waals surface area contributed by atoms with E-state index in [1.807, 2.05) is 72.5 Å². The van der Waals surface area contributed by atoms with Gasteiger partial charge < -0.3 is 23.8 Å². The number of benzene rings is 2. The summed E-state index contributed by atoms with van der Waals surface area (Å²) >= 11 is 0. The predicted molar refractivity (Wildman–Crippen MR) is 115 cm³/mol. The lowest BCUT2D eigenvalue weighted by molar-refractivity contribution is -0.918. The molecule has 0 radical (unpaired) electrons. The summed E-state index contributed by atoms with van der Waals surface area (Å²) in [6.45, 7) is 6.52. The van der Waals surface area contributed by atoms with Gasteiger partial charge in [0.1, 0.15) is 36.1 Å². The topological polar surface area (TPSA) is 69.2 Å². The van der Waals surface area contributed by atoms with E-state index in [0.29, 0.717) is 12.4 Å². The van der Waals surface area contributed by atoms with Crippen molar-refractivity contribution in [2.45, 2.75) is 20.1 Å². The van der Waals surface area contributed by atoms with Crippen LogP contribution in [-0.4, -0.2) is 48.7 Å². The summed E-state index contributed by atoms with van der Waals surface area (Å²) in [6.07, 6.45) is 0. The molecule has 7 nitrogen and oxygen atoms in total. The van der Waals surface area contributed by atoms with Crippen molar-refractivity contribution < 1.29 is 23.7 Å². The molecule has 1 amide bonds. The second-order valence-electron chi connectivity index (χ2n) is 7.77. The van der Waals surface area contributed by atoms with Crippen molar-refractivity contribution in [3.05, 3.63) is 77.7 Å². The fourth-order valence-electron chi connectivity index (χ4n) is 3.62. The molecule has 0 bridgehead atoms. The molecule has 1 fully saturated rings. The molecular weight excluding hydrogens is 394 g/mol. The number of hydrogen-bond donors (Lipinski definition) is 1. The average molecular weight is 423 g/mol. The van der Waals surface area contributed by atoms with Crippen molar-refractivity contribution in [2.75, 3.05) is 32.8 Å². The summed E-state index contributed by atoms with van der Waals surface area (Å²) < 4.78 is 16.6. The van der Waals surface area contributed by atoms with Gasteiger partial charge in [-0.1, -0.05) is 35.5 Å². The minimum atomic E-state index is 0.0146. The van der Waals surface area contributed by atoms with E-state index in [-0.39, 0.29) is 12.5 Å². The number of carbonyl (C=O) groups is 1. The highest BCUT2D eigenvalue weighted by Gasteiger charge is 2.24. The lowest BCUT2D eigenvalue weighted by atomic mass is 10.2. The minimum absolute atomic E-state index is 0.0146. The van der Waals surface area contributed by atoms with E-state index in [9.17, 15) is 4.79 Å². The van der Waals surface area contributed by atoms with E-state index in [2.05, 4.69) is 5.16 Å². The highest BCUT2D eigenvalue weighted by atomic mass is 16.5. The number of carbonyl (C=O) groups excluding carboxylic acids is 1. The van der Waals surface area contributed by atoms with Gasteiger partial charge in [0, 0.05) is 6.07 Å². The first-order valence-corrected chi connectivity index (χ1v) is 10.6. The van der Waals surface area contributed by atoms with Crippen LogP contribution in [0.5, 0.6) is 11.5 Å². The van der Waals surface area contributed by atoms with Gasteiger partial charge in [0.05, 0.1) is 26.2 Å². The van der Waals surface area contributed by atoms with Crippen LogP contribution in [0.25, 0.3) is 0 Å². The first-order chi connectivity index (χ1) is 15.2. The second kappa shape index (κ2) is 10.1. The van der Waals surface area contributed by atoms with Gasteiger partial charge in [0.2, 0.25) is 0 Å². The molecule has 7 heteroatoms. The quantitative estimate of drug-likeness (QED) is 0.600. The third-order valence-electron chi connectivity index (χ3n) is 5.37. The van der Waals surface area contributed by atoms with E-state index in [4.69, 9.17) is 14.0 Å². The molecule has 2 heterocycles. The summed E-state index contributed by atoms with van der Waals surface area (Å²) in [5, 5.41) is 4.05. The van der Waals surface area contributed by atoms with E-state index in [1.165, 1.54) is 4.90 Å². The van der Waals surface area contributed by atoms with Gasteiger partial charge in [0.15, 0.2) is 6.61 Å². The number of amides is 1. The molecule has 1 aliphatic heterocycles. The van der Waals surface area contributed by atoms with E-state index < -0.39 is 0 Å². The lowest BCUT2D eigenvalue weighted by Crippen LogP contribution is -3.13. The number of quaternary nitrogens is 1. The van der Waals surface area contributed by atoms with Crippen LogP contribution in [0.15, 0.2) is 65.2 Å². The molecule has 1 aromatic heterocycles. The Labute approximate surface area is 182 Å². The third-order valence-corrected chi connectivity index (χ3v) is 5.37. The number of nitrogens with one attached hydrogen (secondary N) is 1. The van der Waals surface area contributed by atoms with Crippen molar-refractivity contribution in [3.63, 3.8) is 0 Å². The minimum Gasteiger partial charge on any atom is -0.489 e. The molecule has 0 spiro atoms. The standard InChI is InChI=1S/C24H27N3O4/c1-19-15-21(25-31-19)16-26-11-13-27(14-12-26)24(28)18-30-23-9-7-22(8-10-23)29-17-20-5-3-2-4-6-20/h2-10,15H,11-14,16-18H2,1H3/p+1. The zero-order valence-corrected chi connectivity index (χ0v) is 17.8. The van der Waals surface area contributed by atoms with Crippen LogP contribution in [0.4, 0.5) is 0 Å². The van der Waals surface area contributed by atoms with E-state index in [0.717, 1.165) is 55.5 Å².